The Labute approximate surface area is 180 Å². The van der Waals surface area contributed by atoms with Gasteiger partial charge in [-0.2, -0.15) is 0 Å². The van der Waals surface area contributed by atoms with Crippen LogP contribution >= 0.6 is 0 Å². The summed E-state index contributed by atoms with van der Waals surface area (Å²) in [6, 6.07) is 2.68. The SMILES string of the molecule is C=CCN(C(=O)C[C@@H]1CCC(=O)N1Cc1cccc(F)c1F)[C@@H](CC1CC1)C(=O)OC. The number of carbonyl (C=O) groups excluding carboxylic acids is 3. The van der Waals surface area contributed by atoms with Gasteiger partial charge in [-0.1, -0.05) is 31.1 Å². The molecule has 8 heteroatoms. The molecular formula is C23H28F2N2O4. The Bertz CT molecular complexity index is 856. The van der Waals surface area contributed by atoms with Crippen LogP contribution in [0.1, 0.15) is 44.1 Å². The molecule has 0 N–H and O–H groups in total. The predicted octanol–water partition coefficient (Wildman–Crippen LogP) is 3.20. The van der Waals surface area contributed by atoms with Gasteiger partial charge in [0, 0.05) is 37.5 Å². The molecule has 168 valence electrons. The highest BCUT2D eigenvalue weighted by Crippen LogP contribution is 2.35. The van der Waals surface area contributed by atoms with Crippen molar-refractivity contribution >= 4 is 17.8 Å². The molecule has 1 aromatic carbocycles. The van der Waals surface area contributed by atoms with Crippen molar-refractivity contribution in [2.24, 2.45) is 5.92 Å². The monoisotopic (exact) mass is 434 g/mol. The lowest BCUT2D eigenvalue weighted by molar-refractivity contribution is -0.153. The zero-order chi connectivity index (χ0) is 22.5. The van der Waals surface area contributed by atoms with E-state index in [9.17, 15) is 23.2 Å². The topological polar surface area (TPSA) is 66.9 Å². The van der Waals surface area contributed by atoms with E-state index >= 15 is 0 Å². The molecule has 2 atom stereocenters. The number of esters is 1. The summed E-state index contributed by atoms with van der Waals surface area (Å²) in [6.07, 6.45) is 4.80. The Hall–Kier alpha value is -2.77. The van der Waals surface area contributed by atoms with Crippen LogP contribution in [0.15, 0.2) is 30.9 Å². The maximum atomic E-state index is 14.1. The summed E-state index contributed by atoms with van der Waals surface area (Å²) in [4.78, 5) is 40.8. The van der Waals surface area contributed by atoms with Crippen molar-refractivity contribution in [1.29, 1.82) is 0 Å². The van der Waals surface area contributed by atoms with Gasteiger partial charge in [0.15, 0.2) is 11.6 Å². The quantitative estimate of drug-likeness (QED) is 0.419. The highest BCUT2D eigenvalue weighted by atomic mass is 19.2. The number of rotatable bonds is 10. The fraction of sp³-hybridized carbons (Fsp3) is 0.522. The summed E-state index contributed by atoms with van der Waals surface area (Å²) in [6.45, 7) is 3.77. The second-order valence-corrected chi connectivity index (χ2v) is 8.18. The van der Waals surface area contributed by atoms with Crippen LogP contribution in [0.5, 0.6) is 0 Å². The van der Waals surface area contributed by atoms with Gasteiger partial charge in [0.1, 0.15) is 6.04 Å². The molecule has 2 fully saturated rings. The minimum atomic E-state index is -0.990. The van der Waals surface area contributed by atoms with E-state index in [-0.39, 0.29) is 43.3 Å². The number of hydrogen-bond donors (Lipinski definition) is 0. The molecule has 6 nitrogen and oxygen atoms in total. The van der Waals surface area contributed by atoms with Crippen molar-refractivity contribution in [2.45, 2.75) is 57.2 Å². The molecule has 1 saturated carbocycles. The fourth-order valence-electron chi connectivity index (χ4n) is 4.09. The Morgan fingerprint density at radius 2 is 2.06 bits per heavy atom. The van der Waals surface area contributed by atoms with Crippen molar-refractivity contribution in [3.05, 3.63) is 48.1 Å². The van der Waals surface area contributed by atoms with E-state index in [4.69, 9.17) is 4.74 Å². The molecule has 2 amide bonds. The standard InChI is InChI=1S/C23H28F2N2O4/c1-3-11-26(19(23(30)31-2)12-15-7-8-15)21(29)13-17-9-10-20(28)27(17)14-16-5-4-6-18(24)22(16)25/h3-6,15,17,19H,1,7-14H2,2H3/t17-,19-/m0/s1. The summed E-state index contributed by atoms with van der Waals surface area (Å²) in [5.74, 6) is -2.54. The van der Waals surface area contributed by atoms with Gasteiger partial charge in [0.25, 0.3) is 0 Å². The molecule has 31 heavy (non-hydrogen) atoms. The van der Waals surface area contributed by atoms with E-state index in [1.807, 2.05) is 0 Å². The first-order valence-electron chi connectivity index (χ1n) is 10.6. The summed E-state index contributed by atoms with van der Waals surface area (Å²) in [5.41, 5.74) is 0.0665. The van der Waals surface area contributed by atoms with Crippen molar-refractivity contribution in [2.75, 3.05) is 13.7 Å². The molecule has 1 saturated heterocycles. The maximum Gasteiger partial charge on any atom is 0.328 e. The Balaban J connectivity index is 1.74. The van der Waals surface area contributed by atoms with Gasteiger partial charge in [-0.15, -0.1) is 6.58 Å². The first-order valence-corrected chi connectivity index (χ1v) is 10.6. The minimum Gasteiger partial charge on any atom is -0.467 e. The second kappa shape index (κ2) is 10.0. The van der Waals surface area contributed by atoms with E-state index in [2.05, 4.69) is 6.58 Å². The molecule has 0 bridgehead atoms. The number of methoxy groups -OCH3 is 1. The van der Waals surface area contributed by atoms with Crippen LogP contribution in [0.3, 0.4) is 0 Å². The third kappa shape index (κ3) is 5.48. The third-order valence-corrected chi connectivity index (χ3v) is 5.98. The molecule has 1 aliphatic heterocycles. The van der Waals surface area contributed by atoms with Crippen molar-refractivity contribution in [1.82, 2.24) is 9.80 Å². The zero-order valence-electron chi connectivity index (χ0n) is 17.7. The highest BCUT2D eigenvalue weighted by Gasteiger charge is 2.39. The van der Waals surface area contributed by atoms with Crippen molar-refractivity contribution in [3.63, 3.8) is 0 Å². The summed E-state index contributed by atoms with van der Waals surface area (Å²) >= 11 is 0. The predicted molar refractivity (Wildman–Crippen MR) is 110 cm³/mol. The summed E-state index contributed by atoms with van der Waals surface area (Å²) in [5, 5.41) is 0. The molecular weight excluding hydrogens is 406 g/mol. The van der Waals surface area contributed by atoms with Crippen LogP contribution in [0.2, 0.25) is 0 Å². The number of carbonyl (C=O) groups is 3. The molecule has 2 aliphatic rings. The minimum absolute atomic E-state index is 0.00528. The van der Waals surface area contributed by atoms with Gasteiger partial charge in [-0.25, -0.2) is 13.6 Å². The van der Waals surface area contributed by atoms with E-state index in [0.29, 0.717) is 18.8 Å². The van der Waals surface area contributed by atoms with Crippen LogP contribution < -0.4 is 0 Å². The third-order valence-electron chi connectivity index (χ3n) is 5.98. The lowest BCUT2D eigenvalue weighted by Gasteiger charge is -2.32. The van der Waals surface area contributed by atoms with E-state index < -0.39 is 29.7 Å². The molecule has 0 radical (unpaired) electrons. The first kappa shape index (κ1) is 22.9. The highest BCUT2D eigenvalue weighted by molar-refractivity contribution is 5.86. The molecule has 3 rings (SSSR count). The number of amides is 2. The lowest BCUT2D eigenvalue weighted by atomic mass is 10.1. The average Bonchev–Trinajstić information content (AvgIpc) is 3.52. The van der Waals surface area contributed by atoms with Crippen LogP contribution in [0, 0.1) is 17.6 Å². The molecule has 1 aromatic rings. The van der Waals surface area contributed by atoms with Gasteiger partial charge in [-0.3, -0.25) is 9.59 Å². The largest absolute Gasteiger partial charge is 0.467 e. The van der Waals surface area contributed by atoms with Crippen LogP contribution in [-0.2, 0) is 25.7 Å². The van der Waals surface area contributed by atoms with Crippen LogP contribution in [-0.4, -0.2) is 53.3 Å². The molecule has 1 heterocycles. The Morgan fingerprint density at radius 3 is 2.71 bits per heavy atom. The van der Waals surface area contributed by atoms with E-state index in [0.717, 1.165) is 18.9 Å². The van der Waals surface area contributed by atoms with Gasteiger partial charge >= 0.3 is 5.97 Å². The zero-order valence-corrected chi connectivity index (χ0v) is 17.7. The number of ether oxygens (including phenoxy) is 1. The Morgan fingerprint density at radius 1 is 1.32 bits per heavy atom. The van der Waals surface area contributed by atoms with Crippen molar-refractivity contribution in [3.8, 4) is 0 Å². The number of nitrogens with zero attached hydrogens (tertiary/aromatic N) is 2. The number of benzene rings is 1. The average molecular weight is 434 g/mol. The molecule has 0 spiro atoms. The van der Waals surface area contributed by atoms with Gasteiger partial charge in [-0.05, 0) is 24.8 Å². The van der Waals surface area contributed by atoms with E-state index in [1.54, 1.807) is 6.08 Å². The molecule has 0 unspecified atom stereocenters. The van der Waals surface area contributed by atoms with Gasteiger partial charge in [0.2, 0.25) is 11.8 Å². The second-order valence-electron chi connectivity index (χ2n) is 8.18. The van der Waals surface area contributed by atoms with Crippen LogP contribution in [0.25, 0.3) is 0 Å². The summed E-state index contributed by atoms with van der Waals surface area (Å²) < 4.78 is 32.6. The maximum absolute atomic E-state index is 14.1. The molecule has 1 aliphatic carbocycles. The number of hydrogen-bond acceptors (Lipinski definition) is 4. The Kier molecular flexibility index (Phi) is 7.41. The van der Waals surface area contributed by atoms with Gasteiger partial charge < -0.3 is 14.5 Å². The molecule has 0 aromatic heterocycles. The van der Waals surface area contributed by atoms with Crippen molar-refractivity contribution < 1.29 is 27.9 Å². The summed E-state index contributed by atoms with van der Waals surface area (Å²) in [7, 11) is 1.30. The smallest absolute Gasteiger partial charge is 0.328 e. The van der Waals surface area contributed by atoms with E-state index in [1.165, 1.54) is 29.0 Å². The first-order chi connectivity index (χ1) is 14.8. The van der Waals surface area contributed by atoms with Gasteiger partial charge in [0.05, 0.1) is 7.11 Å². The lowest BCUT2D eigenvalue weighted by Crippen LogP contribution is -2.48. The van der Waals surface area contributed by atoms with Crippen LogP contribution in [0.4, 0.5) is 8.78 Å². The number of halogens is 2. The normalized spacial score (nSPS) is 19.3. The fourth-order valence-corrected chi connectivity index (χ4v) is 4.09. The number of likely N-dealkylation sites (tertiary alicyclic amines) is 1.